The fourth-order valence-corrected chi connectivity index (χ4v) is 0.553. The molecule has 6 N–H and O–H groups in total. The smallest absolute Gasteiger partial charge is 0.0753 e. The van der Waals surface area contributed by atoms with Crippen LogP contribution in [0.2, 0.25) is 0 Å². The summed E-state index contributed by atoms with van der Waals surface area (Å²) in [7, 11) is 0. The Morgan fingerprint density at radius 3 is 1.30 bits per heavy atom. The molecule has 0 aromatic heterocycles. The zero-order valence-electron chi connectivity index (χ0n) is 5.66. The Balaban J connectivity index is 3.30. The Morgan fingerprint density at radius 1 is 0.800 bits per heavy atom. The van der Waals surface area contributed by atoms with Crippen LogP contribution in [0.25, 0.3) is 0 Å². The molecule has 6 heteroatoms. The van der Waals surface area contributed by atoms with Crippen molar-refractivity contribution < 1.29 is 14.5 Å². The van der Waals surface area contributed by atoms with E-state index < -0.39 is 0 Å². The van der Waals surface area contributed by atoms with Gasteiger partial charge < -0.3 is 14.5 Å². The van der Waals surface area contributed by atoms with E-state index in [-0.39, 0.29) is 5.92 Å². The minimum atomic E-state index is -0.0139. The molecule has 6 nitrogen and oxygen atoms in total. The van der Waals surface area contributed by atoms with Gasteiger partial charge in [-0.15, -0.1) is 0 Å². The molecule has 0 aliphatic carbocycles. The molecule has 0 bridgehead atoms. The van der Waals surface area contributed by atoms with E-state index in [0.717, 1.165) is 0 Å². The lowest BCUT2D eigenvalue weighted by atomic mass is 10.2. The lowest BCUT2D eigenvalue weighted by Gasteiger charge is -2.11. The van der Waals surface area contributed by atoms with Gasteiger partial charge in [-0.25, -0.2) is 17.7 Å². The van der Waals surface area contributed by atoms with E-state index in [1.165, 1.54) is 0 Å². The molecule has 0 amide bonds. The summed E-state index contributed by atoms with van der Waals surface area (Å²) in [6.45, 7) is 0.942. The first-order valence-corrected chi connectivity index (χ1v) is 2.80. The molecule has 0 aliphatic heterocycles. The maximum absolute atomic E-state index is 4.80. The molecule has 0 unspecified atom stereocenters. The van der Waals surface area contributed by atoms with Gasteiger partial charge in [0.25, 0.3) is 0 Å². The lowest BCUT2D eigenvalue weighted by molar-refractivity contribution is -0.00734. The molecule has 0 radical (unpaired) electrons. The fourth-order valence-electron chi connectivity index (χ4n) is 0.553. The van der Waals surface area contributed by atoms with Gasteiger partial charge in [0.15, 0.2) is 0 Å². The van der Waals surface area contributed by atoms with Crippen molar-refractivity contribution in [1.29, 1.82) is 0 Å². The molecule has 62 valence electrons. The van der Waals surface area contributed by atoms with Crippen molar-refractivity contribution in [3.8, 4) is 0 Å². The first kappa shape index (κ1) is 9.76. The summed E-state index contributed by atoms with van der Waals surface area (Å²) in [5.74, 6) is 14.4. The fraction of sp³-hybridized carbons (Fsp3) is 1.00. The van der Waals surface area contributed by atoms with Gasteiger partial charge in [-0.1, -0.05) is 0 Å². The first-order valence-electron chi connectivity index (χ1n) is 2.80. The SMILES string of the molecule is NOCC(CON)CON. The predicted octanol–water partition coefficient (Wildman–Crippen LogP) is -1.73. The summed E-state index contributed by atoms with van der Waals surface area (Å²) in [5, 5.41) is 0. The van der Waals surface area contributed by atoms with Crippen LogP contribution < -0.4 is 17.7 Å². The Hall–Kier alpha value is -0.240. The van der Waals surface area contributed by atoms with Crippen LogP contribution in [0.15, 0.2) is 0 Å². The van der Waals surface area contributed by atoms with Crippen molar-refractivity contribution >= 4 is 0 Å². The highest BCUT2D eigenvalue weighted by atomic mass is 16.6. The van der Waals surface area contributed by atoms with E-state index in [1.54, 1.807) is 0 Å². The van der Waals surface area contributed by atoms with Crippen LogP contribution in [-0.4, -0.2) is 19.8 Å². The van der Waals surface area contributed by atoms with Crippen molar-refractivity contribution in [3.05, 3.63) is 0 Å². The highest BCUT2D eigenvalue weighted by molar-refractivity contribution is 4.53. The summed E-state index contributed by atoms with van der Waals surface area (Å²) in [6, 6.07) is 0. The Bertz CT molecular complexity index is 58.5. The number of hydrogen-bond acceptors (Lipinski definition) is 6. The third-order valence-corrected chi connectivity index (χ3v) is 0.996. The Labute approximate surface area is 59.1 Å². The van der Waals surface area contributed by atoms with Crippen LogP contribution in [0.3, 0.4) is 0 Å². The summed E-state index contributed by atoms with van der Waals surface area (Å²) in [5.41, 5.74) is 0. The van der Waals surface area contributed by atoms with Crippen LogP contribution in [0, 0.1) is 5.92 Å². The summed E-state index contributed by atoms with van der Waals surface area (Å²) in [4.78, 5) is 13.0. The maximum atomic E-state index is 4.80. The second-order valence-corrected chi connectivity index (χ2v) is 1.87. The maximum Gasteiger partial charge on any atom is 0.0753 e. The molecule has 0 rings (SSSR count). The third-order valence-electron chi connectivity index (χ3n) is 0.996. The number of rotatable bonds is 6. The van der Waals surface area contributed by atoms with Crippen LogP contribution in [0.4, 0.5) is 0 Å². The van der Waals surface area contributed by atoms with Crippen molar-refractivity contribution in [2.24, 2.45) is 23.6 Å². The third kappa shape index (κ3) is 4.62. The van der Waals surface area contributed by atoms with Gasteiger partial charge in [-0.3, -0.25) is 0 Å². The number of nitrogens with two attached hydrogens (primary N) is 3. The van der Waals surface area contributed by atoms with Gasteiger partial charge >= 0.3 is 0 Å². The summed E-state index contributed by atoms with van der Waals surface area (Å²) in [6.07, 6.45) is 0. The second-order valence-electron chi connectivity index (χ2n) is 1.87. The first-order chi connectivity index (χ1) is 4.85. The Kier molecular flexibility index (Phi) is 6.71. The van der Waals surface area contributed by atoms with E-state index in [1.807, 2.05) is 0 Å². The normalized spacial score (nSPS) is 10.8. The van der Waals surface area contributed by atoms with Crippen LogP contribution in [0.1, 0.15) is 0 Å². The van der Waals surface area contributed by atoms with Crippen LogP contribution >= 0.6 is 0 Å². The van der Waals surface area contributed by atoms with Crippen molar-refractivity contribution in [3.63, 3.8) is 0 Å². The molecule has 0 fully saturated rings. The van der Waals surface area contributed by atoms with Crippen LogP contribution in [-0.2, 0) is 14.5 Å². The Morgan fingerprint density at radius 2 is 1.10 bits per heavy atom. The van der Waals surface area contributed by atoms with Crippen molar-refractivity contribution in [2.45, 2.75) is 0 Å². The zero-order chi connectivity index (χ0) is 7.82. The van der Waals surface area contributed by atoms with Gasteiger partial charge in [-0.2, -0.15) is 0 Å². The highest BCUT2D eigenvalue weighted by Gasteiger charge is 2.07. The number of hydrogen-bond donors (Lipinski definition) is 3. The average Bonchev–Trinajstić information content (AvgIpc) is 1.90. The van der Waals surface area contributed by atoms with Gasteiger partial charge in [0.2, 0.25) is 0 Å². The highest BCUT2D eigenvalue weighted by Crippen LogP contribution is 1.94. The van der Waals surface area contributed by atoms with Crippen molar-refractivity contribution in [2.75, 3.05) is 19.8 Å². The molecular weight excluding hydrogens is 138 g/mol. The van der Waals surface area contributed by atoms with E-state index in [4.69, 9.17) is 17.7 Å². The lowest BCUT2D eigenvalue weighted by Crippen LogP contribution is -2.26. The van der Waals surface area contributed by atoms with Crippen LogP contribution in [0.5, 0.6) is 0 Å². The topological polar surface area (TPSA) is 106 Å². The molecule has 0 aromatic carbocycles. The average molecular weight is 151 g/mol. The van der Waals surface area contributed by atoms with Crippen molar-refractivity contribution in [1.82, 2.24) is 0 Å². The molecule has 10 heavy (non-hydrogen) atoms. The molecule has 0 aliphatic rings. The molecule has 0 saturated heterocycles. The minimum absolute atomic E-state index is 0.0139. The second kappa shape index (κ2) is 6.87. The largest absolute Gasteiger partial charge is 0.304 e. The predicted molar refractivity (Wildman–Crippen MR) is 33.9 cm³/mol. The zero-order valence-corrected chi connectivity index (χ0v) is 5.66. The van der Waals surface area contributed by atoms with E-state index in [2.05, 4.69) is 14.5 Å². The summed E-state index contributed by atoms with van der Waals surface area (Å²) < 4.78 is 0. The molecular formula is C4H13N3O3. The monoisotopic (exact) mass is 151 g/mol. The van der Waals surface area contributed by atoms with E-state index >= 15 is 0 Å². The quantitative estimate of drug-likeness (QED) is 0.390. The molecule has 0 heterocycles. The standard InChI is InChI=1S/C4H13N3O3/c5-8-1-4(2-9-6)3-10-7/h4H,1-3,5-7H2. The van der Waals surface area contributed by atoms with Gasteiger partial charge in [-0.05, 0) is 0 Å². The van der Waals surface area contributed by atoms with Gasteiger partial charge in [0, 0.05) is 5.92 Å². The molecule has 0 aromatic rings. The molecule has 0 atom stereocenters. The van der Waals surface area contributed by atoms with Gasteiger partial charge in [0.05, 0.1) is 19.8 Å². The van der Waals surface area contributed by atoms with Gasteiger partial charge in [0.1, 0.15) is 0 Å². The summed E-state index contributed by atoms with van der Waals surface area (Å²) >= 11 is 0. The molecule has 0 spiro atoms. The van der Waals surface area contributed by atoms with E-state index in [0.29, 0.717) is 19.8 Å². The minimum Gasteiger partial charge on any atom is -0.304 e. The van der Waals surface area contributed by atoms with E-state index in [9.17, 15) is 0 Å². The molecule has 0 saturated carbocycles.